The van der Waals surface area contributed by atoms with Crippen LogP contribution in [0, 0.1) is 0 Å². The van der Waals surface area contributed by atoms with Crippen LogP contribution in [0.4, 0.5) is 0 Å². The minimum absolute atomic E-state index is 0.310. The molecule has 0 radical (unpaired) electrons. The molecule has 4 atom stereocenters. The van der Waals surface area contributed by atoms with Crippen molar-refractivity contribution < 1.29 is 24.1 Å². The van der Waals surface area contributed by atoms with Gasteiger partial charge in [0.1, 0.15) is 18.8 Å². The van der Waals surface area contributed by atoms with Crippen LogP contribution in [0.1, 0.15) is 35.6 Å². The van der Waals surface area contributed by atoms with Gasteiger partial charge in [-0.15, -0.1) is 0 Å². The maximum atomic E-state index is 12.0. The first-order valence-corrected chi connectivity index (χ1v) is 13.0. The van der Waals surface area contributed by atoms with Crippen LogP contribution in [0.5, 0.6) is 5.88 Å². The summed E-state index contributed by atoms with van der Waals surface area (Å²) in [6, 6.07) is 33.3. The number of hydrogen-bond donors (Lipinski definition) is 1. The van der Waals surface area contributed by atoms with Crippen LogP contribution in [-0.2, 0) is 39.8 Å². The van der Waals surface area contributed by atoms with E-state index in [0.717, 1.165) is 16.7 Å². The number of pyridine rings is 1. The highest BCUT2D eigenvalue weighted by atomic mass is 16.7. The zero-order valence-electron chi connectivity index (χ0n) is 21.5. The fourth-order valence-electron chi connectivity index (χ4n) is 4.67. The van der Waals surface area contributed by atoms with Crippen LogP contribution in [-0.4, -0.2) is 28.4 Å². The Morgan fingerprint density at radius 1 is 0.737 bits per heavy atom. The molecule has 0 bridgehead atoms. The molecule has 1 unspecified atom stereocenters. The van der Waals surface area contributed by atoms with Gasteiger partial charge in [-0.3, -0.25) is 0 Å². The summed E-state index contributed by atoms with van der Waals surface area (Å²) in [5.74, 6) is -1.27. The van der Waals surface area contributed by atoms with Gasteiger partial charge in [0.2, 0.25) is 11.7 Å². The number of aliphatic hydroxyl groups is 1. The van der Waals surface area contributed by atoms with Crippen LogP contribution < -0.4 is 4.74 Å². The molecule has 0 spiro atoms. The molecule has 6 nitrogen and oxygen atoms in total. The number of aromatic nitrogens is 1. The molecule has 1 aromatic heterocycles. The van der Waals surface area contributed by atoms with Crippen LogP contribution in [0.25, 0.3) is 0 Å². The summed E-state index contributed by atoms with van der Waals surface area (Å²) in [5.41, 5.74) is 3.59. The summed E-state index contributed by atoms with van der Waals surface area (Å²) in [4.78, 5) is 4.45. The monoisotopic (exact) mass is 511 g/mol. The minimum atomic E-state index is -1.73. The normalized spacial score (nSPS) is 22.8. The number of nitrogens with zero attached hydrogens (tertiary/aromatic N) is 1. The Morgan fingerprint density at radius 2 is 1.29 bits per heavy atom. The molecule has 3 aromatic carbocycles. The molecular weight excluding hydrogens is 478 g/mol. The number of benzene rings is 3. The lowest BCUT2D eigenvalue weighted by Crippen LogP contribution is -2.44. The topological polar surface area (TPSA) is 70.0 Å². The summed E-state index contributed by atoms with van der Waals surface area (Å²) in [6.45, 7) is 3.12. The quantitative estimate of drug-likeness (QED) is 0.275. The molecule has 1 aliphatic heterocycles. The van der Waals surface area contributed by atoms with E-state index in [9.17, 15) is 5.11 Å². The molecule has 5 rings (SSSR count). The second kappa shape index (κ2) is 12.3. The fourth-order valence-corrected chi connectivity index (χ4v) is 4.67. The Hall–Kier alpha value is -3.55. The second-order valence-electron chi connectivity index (χ2n) is 9.40. The maximum Gasteiger partial charge on any atom is 0.224 e. The van der Waals surface area contributed by atoms with Gasteiger partial charge in [-0.2, -0.15) is 0 Å². The minimum Gasteiger partial charge on any atom is -0.473 e. The molecule has 1 aliphatic rings. The van der Waals surface area contributed by atoms with Crippen molar-refractivity contribution in [2.24, 2.45) is 0 Å². The van der Waals surface area contributed by atoms with Crippen LogP contribution in [0.15, 0.2) is 109 Å². The first-order valence-electron chi connectivity index (χ1n) is 13.0. The number of hydrogen-bond acceptors (Lipinski definition) is 6. The Labute approximate surface area is 223 Å². The van der Waals surface area contributed by atoms with Crippen LogP contribution >= 0.6 is 0 Å². The standard InChI is InChI=1S/C32H33NO5/c1-2-28-30(36-22-25-14-8-4-9-15-25)31(37-23-26-16-10-5-11-17-26)32(34,38-28)27-18-19-29(33-20-27)35-21-24-12-6-3-7-13-24/h3-20,28,30-31,34H,2,21-23H2,1H3/t28-,30+,31?,32+/m1/s1. The van der Waals surface area contributed by atoms with Crippen LogP contribution in [0.3, 0.4) is 0 Å². The molecule has 6 heteroatoms. The molecule has 0 aliphatic carbocycles. The Kier molecular flexibility index (Phi) is 8.46. The van der Waals surface area contributed by atoms with E-state index in [1.165, 1.54) is 0 Å². The first-order chi connectivity index (χ1) is 18.7. The SMILES string of the molecule is CC[C@H]1O[C@@](O)(c2ccc(OCc3ccccc3)nc2)C(OCc2ccccc2)[C@H]1OCc1ccccc1. The van der Waals surface area contributed by atoms with E-state index in [2.05, 4.69) is 4.98 Å². The molecule has 1 N–H and O–H groups in total. The largest absolute Gasteiger partial charge is 0.473 e. The molecule has 1 fully saturated rings. The van der Waals surface area contributed by atoms with Crippen molar-refractivity contribution in [2.45, 2.75) is 57.3 Å². The van der Waals surface area contributed by atoms with Gasteiger partial charge in [0.05, 0.1) is 19.3 Å². The van der Waals surface area contributed by atoms with Crippen molar-refractivity contribution >= 4 is 0 Å². The highest BCUT2D eigenvalue weighted by molar-refractivity contribution is 5.26. The van der Waals surface area contributed by atoms with E-state index >= 15 is 0 Å². The van der Waals surface area contributed by atoms with Gasteiger partial charge < -0.3 is 24.1 Å². The third-order valence-corrected chi connectivity index (χ3v) is 6.72. The molecule has 0 amide bonds. The summed E-state index contributed by atoms with van der Waals surface area (Å²) in [7, 11) is 0. The van der Waals surface area contributed by atoms with Gasteiger partial charge >= 0.3 is 0 Å². The van der Waals surface area contributed by atoms with Gasteiger partial charge in [0.25, 0.3) is 0 Å². The van der Waals surface area contributed by atoms with E-state index in [-0.39, 0.29) is 6.10 Å². The molecule has 0 saturated carbocycles. The van der Waals surface area contributed by atoms with Crippen molar-refractivity contribution in [3.05, 3.63) is 132 Å². The lowest BCUT2D eigenvalue weighted by Gasteiger charge is -2.30. The molecule has 4 aromatic rings. The lowest BCUT2D eigenvalue weighted by atomic mass is 9.98. The van der Waals surface area contributed by atoms with Crippen molar-refractivity contribution in [3.63, 3.8) is 0 Å². The first kappa shape index (κ1) is 26.1. The van der Waals surface area contributed by atoms with Gasteiger partial charge in [-0.25, -0.2) is 4.98 Å². The predicted octanol–water partition coefficient (Wildman–Crippen LogP) is 5.79. The Balaban J connectivity index is 1.36. The van der Waals surface area contributed by atoms with Crippen molar-refractivity contribution in [1.82, 2.24) is 4.98 Å². The van der Waals surface area contributed by atoms with E-state index in [4.69, 9.17) is 18.9 Å². The predicted molar refractivity (Wildman–Crippen MR) is 144 cm³/mol. The van der Waals surface area contributed by atoms with Gasteiger partial charge in [0.15, 0.2) is 0 Å². The summed E-state index contributed by atoms with van der Waals surface area (Å²) in [6.07, 6.45) is 0.625. The third-order valence-electron chi connectivity index (χ3n) is 6.72. The molecule has 38 heavy (non-hydrogen) atoms. The maximum absolute atomic E-state index is 12.0. The van der Waals surface area contributed by atoms with Crippen LogP contribution in [0.2, 0.25) is 0 Å². The highest BCUT2D eigenvalue weighted by Crippen LogP contribution is 2.42. The zero-order valence-corrected chi connectivity index (χ0v) is 21.5. The van der Waals surface area contributed by atoms with E-state index in [0.29, 0.717) is 37.7 Å². The van der Waals surface area contributed by atoms with Crippen molar-refractivity contribution in [2.75, 3.05) is 0 Å². The summed E-state index contributed by atoms with van der Waals surface area (Å²) < 4.78 is 24.9. The zero-order chi connectivity index (χ0) is 26.2. The molecule has 1 saturated heterocycles. The molecular formula is C32H33NO5. The Bertz CT molecular complexity index is 1250. The number of rotatable bonds is 11. The summed E-state index contributed by atoms with van der Waals surface area (Å²) in [5, 5.41) is 12.0. The van der Waals surface area contributed by atoms with Gasteiger partial charge in [-0.05, 0) is 29.2 Å². The lowest BCUT2D eigenvalue weighted by molar-refractivity contribution is -0.250. The second-order valence-corrected chi connectivity index (χ2v) is 9.40. The number of ether oxygens (including phenoxy) is 4. The van der Waals surface area contributed by atoms with E-state index in [1.54, 1.807) is 18.3 Å². The van der Waals surface area contributed by atoms with Gasteiger partial charge in [-0.1, -0.05) is 97.9 Å². The third kappa shape index (κ3) is 6.11. The average Bonchev–Trinajstić information content (AvgIpc) is 3.27. The van der Waals surface area contributed by atoms with Crippen molar-refractivity contribution in [1.29, 1.82) is 0 Å². The smallest absolute Gasteiger partial charge is 0.224 e. The van der Waals surface area contributed by atoms with E-state index in [1.807, 2.05) is 97.9 Å². The average molecular weight is 512 g/mol. The Morgan fingerprint density at radius 3 is 1.82 bits per heavy atom. The summed E-state index contributed by atoms with van der Waals surface area (Å²) >= 11 is 0. The fraction of sp³-hybridized carbons (Fsp3) is 0.281. The molecule has 196 valence electrons. The van der Waals surface area contributed by atoms with E-state index < -0.39 is 18.0 Å². The van der Waals surface area contributed by atoms with Gasteiger partial charge in [0, 0.05) is 17.8 Å². The highest BCUT2D eigenvalue weighted by Gasteiger charge is 2.56. The van der Waals surface area contributed by atoms with Crippen molar-refractivity contribution in [3.8, 4) is 5.88 Å². The molecule has 2 heterocycles.